The SMILES string of the molecule is CCOCCOCOCOC1CCCCO1. The van der Waals surface area contributed by atoms with Gasteiger partial charge >= 0.3 is 0 Å². The van der Waals surface area contributed by atoms with E-state index in [0.29, 0.717) is 19.8 Å². The van der Waals surface area contributed by atoms with Gasteiger partial charge in [0.05, 0.1) is 13.2 Å². The molecule has 0 spiro atoms. The van der Waals surface area contributed by atoms with E-state index in [1.807, 2.05) is 6.92 Å². The van der Waals surface area contributed by atoms with Crippen molar-refractivity contribution in [1.29, 1.82) is 0 Å². The molecule has 0 aromatic rings. The van der Waals surface area contributed by atoms with E-state index in [9.17, 15) is 0 Å². The third kappa shape index (κ3) is 7.14. The fourth-order valence-electron chi connectivity index (χ4n) is 1.38. The number of hydrogen-bond donors (Lipinski definition) is 0. The molecule has 1 atom stereocenters. The van der Waals surface area contributed by atoms with Gasteiger partial charge < -0.3 is 23.7 Å². The minimum absolute atomic E-state index is 0.0998. The fourth-order valence-corrected chi connectivity index (χ4v) is 1.38. The van der Waals surface area contributed by atoms with Gasteiger partial charge in [0, 0.05) is 13.2 Å². The van der Waals surface area contributed by atoms with Crippen LogP contribution < -0.4 is 0 Å². The van der Waals surface area contributed by atoms with Crippen LogP contribution in [0.5, 0.6) is 0 Å². The molecule has 0 saturated carbocycles. The molecule has 96 valence electrons. The molecule has 16 heavy (non-hydrogen) atoms. The van der Waals surface area contributed by atoms with E-state index in [1.165, 1.54) is 0 Å². The van der Waals surface area contributed by atoms with Gasteiger partial charge in [-0.2, -0.15) is 0 Å². The quantitative estimate of drug-likeness (QED) is 0.447. The standard InChI is InChI=1S/C11H22O5/c1-2-12-7-8-13-9-14-10-16-11-5-3-4-6-15-11/h11H,2-10H2,1H3. The van der Waals surface area contributed by atoms with Crippen LogP contribution in [0.25, 0.3) is 0 Å². The van der Waals surface area contributed by atoms with Crippen molar-refractivity contribution >= 4 is 0 Å². The highest BCUT2D eigenvalue weighted by molar-refractivity contribution is 4.52. The lowest BCUT2D eigenvalue weighted by atomic mass is 10.2. The van der Waals surface area contributed by atoms with Crippen LogP contribution in [0.15, 0.2) is 0 Å². The fraction of sp³-hybridized carbons (Fsp3) is 1.00. The molecule has 1 saturated heterocycles. The molecule has 1 heterocycles. The zero-order chi connectivity index (χ0) is 11.5. The molecule has 0 aromatic carbocycles. The van der Waals surface area contributed by atoms with E-state index in [2.05, 4.69) is 0 Å². The summed E-state index contributed by atoms with van der Waals surface area (Å²) in [6, 6.07) is 0. The monoisotopic (exact) mass is 234 g/mol. The van der Waals surface area contributed by atoms with Gasteiger partial charge in [-0.25, -0.2) is 0 Å². The van der Waals surface area contributed by atoms with E-state index in [-0.39, 0.29) is 19.9 Å². The molecule has 1 aliphatic rings. The second-order valence-corrected chi connectivity index (χ2v) is 3.51. The molecule has 0 aromatic heterocycles. The smallest absolute Gasteiger partial charge is 0.160 e. The van der Waals surface area contributed by atoms with E-state index in [4.69, 9.17) is 23.7 Å². The van der Waals surface area contributed by atoms with Crippen molar-refractivity contribution < 1.29 is 23.7 Å². The first-order valence-electron chi connectivity index (χ1n) is 5.90. The van der Waals surface area contributed by atoms with E-state index >= 15 is 0 Å². The van der Waals surface area contributed by atoms with E-state index in [1.54, 1.807) is 0 Å². The molecule has 1 unspecified atom stereocenters. The lowest BCUT2D eigenvalue weighted by molar-refractivity contribution is -0.227. The predicted molar refractivity (Wildman–Crippen MR) is 57.9 cm³/mol. The summed E-state index contributed by atoms with van der Waals surface area (Å²) in [6.07, 6.45) is 3.14. The minimum atomic E-state index is -0.0998. The van der Waals surface area contributed by atoms with Crippen LogP contribution in [-0.4, -0.2) is 46.3 Å². The van der Waals surface area contributed by atoms with Crippen LogP contribution in [0.3, 0.4) is 0 Å². The largest absolute Gasteiger partial charge is 0.379 e. The van der Waals surface area contributed by atoms with Crippen LogP contribution in [0, 0.1) is 0 Å². The summed E-state index contributed by atoms with van der Waals surface area (Å²) in [5.41, 5.74) is 0. The van der Waals surface area contributed by atoms with Crippen LogP contribution in [-0.2, 0) is 23.7 Å². The maximum absolute atomic E-state index is 5.37. The lowest BCUT2D eigenvalue weighted by Crippen LogP contribution is -2.23. The van der Waals surface area contributed by atoms with Gasteiger partial charge in [-0.05, 0) is 26.2 Å². The van der Waals surface area contributed by atoms with Crippen molar-refractivity contribution in [2.24, 2.45) is 0 Å². The normalized spacial score (nSPS) is 21.2. The second-order valence-electron chi connectivity index (χ2n) is 3.51. The van der Waals surface area contributed by atoms with Crippen LogP contribution >= 0.6 is 0 Å². The number of hydrogen-bond acceptors (Lipinski definition) is 5. The summed E-state index contributed by atoms with van der Waals surface area (Å²) >= 11 is 0. The van der Waals surface area contributed by atoms with Gasteiger partial charge in [0.15, 0.2) is 13.1 Å². The van der Waals surface area contributed by atoms with Gasteiger partial charge in [-0.15, -0.1) is 0 Å². The zero-order valence-corrected chi connectivity index (χ0v) is 9.98. The molecule has 0 radical (unpaired) electrons. The number of rotatable bonds is 9. The summed E-state index contributed by atoms with van der Waals surface area (Å²) < 4.78 is 26.1. The molecule has 0 amide bonds. The van der Waals surface area contributed by atoms with Crippen LogP contribution in [0.4, 0.5) is 0 Å². The Hall–Kier alpha value is -0.200. The van der Waals surface area contributed by atoms with Crippen molar-refractivity contribution in [2.75, 3.05) is 40.0 Å². The Morgan fingerprint density at radius 2 is 1.94 bits per heavy atom. The lowest BCUT2D eigenvalue weighted by Gasteiger charge is -2.22. The molecule has 1 rings (SSSR count). The van der Waals surface area contributed by atoms with Crippen molar-refractivity contribution in [3.05, 3.63) is 0 Å². The first kappa shape index (κ1) is 13.9. The third-order valence-corrected chi connectivity index (χ3v) is 2.22. The summed E-state index contributed by atoms with van der Waals surface area (Å²) in [7, 11) is 0. The highest BCUT2D eigenvalue weighted by atomic mass is 16.8. The average molecular weight is 234 g/mol. The summed E-state index contributed by atoms with van der Waals surface area (Å²) in [4.78, 5) is 0. The molecule has 0 bridgehead atoms. The van der Waals surface area contributed by atoms with Gasteiger partial charge in [0.1, 0.15) is 6.79 Å². The first-order valence-corrected chi connectivity index (χ1v) is 5.90. The van der Waals surface area contributed by atoms with Gasteiger partial charge in [-0.3, -0.25) is 0 Å². The highest BCUT2D eigenvalue weighted by Gasteiger charge is 2.13. The minimum Gasteiger partial charge on any atom is -0.379 e. The first-order chi connectivity index (χ1) is 7.93. The Bertz CT molecular complexity index is 147. The Kier molecular flexibility index (Phi) is 8.65. The third-order valence-electron chi connectivity index (χ3n) is 2.22. The van der Waals surface area contributed by atoms with E-state index < -0.39 is 0 Å². The Morgan fingerprint density at radius 3 is 2.69 bits per heavy atom. The van der Waals surface area contributed by atoms with Crippen molar-refractivity contribution in [1.82, 2.24) is 0 Å². The molecular weight excluding hydrogens is 212 g/mol. The maximum atomic E-state index is 5.37. The van der Waals surface area contributed by atoms with Crippen molar-refractivity contribution in [3.8, 4) is 0 Å². The van der Waals surface area contributed by atoms with Crippen LogP contribution in [0.1, 0.15) is 26.2 Å². The summed E-state index contributed by atoms with van der Waals surface area (Å²) in [5.74, 6) is 0. The Balaban J connectivity index is 1.77. The predicted octanol–water partition coefficient (Wildman–Crippen LogP) is 1.51. The Labute approximate surface area is 97.0 Å². The summed E-state index contributed by atoms with van der Waals surface area (Å²) in [5, 5.41) is 0. The maximum Gasteiger partial charge on any atom is 0.160 e. The average Bonchev–Trinajstić information content (AvgIpc) is 2.34. The summed E-state index contributed by atoms with van der Waals surface area (Å²) in [6.45, 7) is 5.07. The van der Waals surface area contributed by atoms with Crippen LogP contribution in [0.2, 0.25) is 0 Å². The molecule has 0 N–H and O–H groups in total. The van der Waals surface area contributed by atoms with E-state index in [0.717, 1.165) is 25.9 Å². The van der Waals surface area contributed by atoms with Gasteiger partial charge in [0.25, 0.3) is 0 Å². The molecule has 5 nitrogen and oxygen atoms in total. The molecule has 1 aliphatic heterocycles. The molecular formula is C11H22O5. The number of ether oxygens (including phenoxy) is 5. The van der Waals surface area contributed by atoms with Crippen molar-refractivity contribution in [3.63, 3.8) is 0 Å². The highest BCUT2D eigenvalue weighted by Crippen LogP contribution is 2.13. The topological polar surface area (TPSA) is 46.2 Å². The zero-order valence-electron chi connectivity index (χ0n) is 9.98. The van der Waals surface area contributed by atoms with Gasteiger partial charge in [0.2, 0.25) is 0 Å². The second kappa shape index (κ2) is 9.99. The molecule has 0 aliphatic carbocycles. The van der Waals surface area contributed by atoms with Crippen molar-refractivity contribution in [2.45, 2.75) is 32.5 Å². The molecule has 1 fully saturated rings. The Morgan fingerprint density at radius 1 is 1.06 bits per heavy atom. The van der Waals surface area contributed by atoms with Gasteiger partial charge in [-0.1, -0.05) is 0 Å². The molecule has 5 heteroatoms.